The summed E-state index contributed by atoms with van der Waals surface area (Å²) in [4.78, 5) is 0. The fourth-order valence-corrected chi connectivity index (χ4v) is 2.19. The molecule has 1 N–H and O–H groups in total. The van der Waals surface area contributed by atoms with Crippen LogP contribution in [0.4, 0.5) is 4.39 Å². The van der Waals surface area contributed by atoms with Crippen LogP contribution in [0.1, 0.15) is 31.3 Å². The van der Waals surface area contributed by atoms with E-state index in [9.17, 15) is 4.39 Å². The Bertz CT molecular complexity index is 582. The molecule has 6 heteroatoms. The lowest BCUT2D eigenvalue weighted by Crippen LogP contribution is -2.19. The van der Waals surface area contributed by atoms with Gasteiger partial charge in [-0.05, 0) is 38.6 Å². The van der Waals surface area contributed by atoms with Gasteiger partial charge in [0.25, 0.3) is 0 Å². The molecule has 0 radical (unpaired) electrons. The molecule has 0 spiro atoms. The lowest BCUT2D eigenvalue weighted by Gasteiger charge is -2.10. The minimum Gasteiger partial charge on any atom is -0.309 e. The minimum atomic E-state index is -0.375. The van der Waals surface area contributed by atoms with E-state index in [1.165, 1.54) is 16.8 Å². The van der Waals surface area contributed by atoms with Crippen LogP contribution in [0.5, 0.6) is 0 Å². The predicted octanol–water partition coefficient (Wildman–Crippen LogP) is 3.04. The van der Waals surface area contributed by atoms with Crippen molar-refractivity contribution in [2.45, 2.75) is 26.8 Å². The molecule has 0 amide bonds. The molecule has 19 heavy (non-hydrogen) atoms. The summed E-state index contributed by atoms with van der Waals surface area (Å²) in [5, 5.41) is 11.9. The maximum atomic E-state index is 13.8. The monoisotopic (exact) mass is 282 g/mol. The first-order chi connectivity index (χ1) is 9.04. The fraction of sp³-hybridized carbons (Fsp3) is 0.385. The number of nitrogens with zero attached hydrogens (tertiary/aromatic N) is 3. The highest BCUT2D eigenvalue weighted by Gasteiger charge is 2.17. The molecule has 0 aliphatic carbocycles. The van der Waals surface area contributed by atoms with Gasteiger partial charge in [-0.2, -0.15) is 0 Å². The lowest BCUT2D eigenvalue weighted by molar-refractivity contribution is 0.579. The molecular weight excluding hydrogens is 267 g/mol. The summed E-state index contributed by atoms with van der Waals surface area (Å²) in [5.74, 6) is -0.375. The summed E-state index contributed by atoms with van der Waals surface area (Å²) in [6, 6.07) is 4.45. The van der Waals surface area contributed by atoms with Crippen molar-refractivity contribution in [3.05, 3.63) is 40.4 Å². The van der Waals surface area contributed by atoms with Gasteiger partial charge in [-0.3, -0.25) is 0 Å². The quantitative estimate of drug-likeness (QED) is 0.937. The van der Waals surface area contributed by atoms with Crippen LogP contribution < -0.4 is 5.32 Å². The largest absolute Gasteiger partial charge is 0.309 e. The summed E-state index contributed by atoms with van der Waals surface area (Å²) < 4.78 is 15.3. The Balaban J connectivity index is 2.44. The zero-order valence-electron chi connectivity index (χ0n) is 11.1. The molecule has 0 fully saturated rings. The van der Waals surface area contributed by atoms with E-state index >= 15 is 0 Å². The highest BCUT2D eigenvalue weighted by Crippen LogP contribution is 2.22. The Morgan fingerprint density at radius 3 is 2.89 bits per heavy atom. The smallest absolute Gasteiger partial charge is 0.149 e. The molecule has 102 valence electrons. The van der Waals surface area contributed by atoms with Crippen molar-refractivity contribution in [3.8, 4) is 5.69 Å². The standard InChI is InChI=1S/C13H16ClFN4/c1-4-16-8(2)13-9(3)19(18-17-13)12-7-10(14)5-6-11(12)15/h5-8,16H,4H2,1-3H3. The van der Waals surface area contributed by atoms with Gasteiger partial charge in [0.1, 0.15) is 17.2 Å². The first-order valence-corrected chi connectivity index (χ1v) is 6.53. The van der Waals surface area contributed by atoms with Gasteiger partial charge in [-0.1, -0.05) is 23.7 Å². The zero-order chi connectivity index (χ0) is 14.0. The molecule has 0 aliphatic heterocycles. The SMILES string of the molecule is CCNC(C)c1nnn(-c2cc(Cl)ccc2F)c1C. The van der Waals surface area contributed by atoms with E-state index in [1.807, 2.05) is 20.8 Å². The van der Waals surface area contributed by atoms with Crippen molar-refractivity contribution in [1.82, 2.24) is 20.3 Å². The third-order valence-electron chi connectivity index (χ3n) is 2.99. The molecule has 0 aliphatic rings. The van der Waals surface area contributed by atoms with Gasteiger partial charge in [-0.25, -0.2) is 9.07 Å². The van der Waals surface area contributed by atoms with E-state index in [4.69, 9.17) is 11.6 Å². The Morgan fingerprint density at radius 1 is 1.47 bits per heavy atom. The van der Waals surface area contributed by atoms with Gasteiger partial charge in [-0.15, -0.1) is 5.10 Å². The summed E-state index contributed by atoms with van der Waals surface area (Å²) in [7, 11) is 0. The first kappa shape index (κ1) is 14.0. The molecular formula is C13H16ClFN4. The van der Waals surface area contributed by atoms with Gasteiger partial charge < -0.3 is 5.32 Å². The van der Waals surface area contributed by atoms with Crippen LogP contribution in [0.3, 0.4) is 0 Å². The van der Waals surface area contributed by atoms with Crippen LogP contribution in [0.25, 0.3) is 5.69 Å². The van der Waals surface area contributed by atoms with Crippen molar-refractivity contribution >= 4 is 11.6 Å². The minimum absolute atomic E-state index is 0.0704. The van der Waals surface area contributed by atoms with Gasteiger partial charge >= 0.3 is 0 Å². The summed E-state index contributed by atoms with van der Waals surface area (Å²) in [6.45, 7) is 6.72. The molecule has 0 saturated carbocycles. The Morgan fingerprint density at radius 2 is 2.21 bits per heavy atom. The molecule has 1 unspecified atom stereocenters. The first-order valence-electron chi connectivity index (χ1n) is 6.15. The average Bonchev–Trinajstić information content (AvgIpc) is 2.74. The van der Waals surface area contributed by atoms with Crippen molar-refractivity contribution in [3.63, 3.8) is 0 Å². The van der Waals surface area contributed by atoms with Crippen molar-refractivity contribution in [1.29, 1.82) is 0 Å². The molecule has 4 nitrogen and oxygen atoms in total. The molecule has 2 rings (SSSR count). The Hall–Kier alpha value is -1.46. The van der Waals surface area contributed by atoms with E-state index in [0.29, 0.717) is 10.7 Å². The summed E-state index contributed by atoms with van der Waals surface area (Å²) in [6.07, 6.45) is 0. The van der Waals surface area contributed by atoms with E-state index < -0.39 is 0 Å². The van der Waals surface area contributed by atoms with E-state index in [-0.39, 0.29) is 11.9 Å². The molecule has 1 aromatic heterocycles. The maximum absolute atomic E-state index is 13.8. The van der Waals surface area contributed by atoms with Crippen LogP contribution in [-0.2, 0) is 0 Å². The normalized spacial score (nSPS) is 12.7. The summed E-state index contributed by atoms with van der Waals surface area (Å²) in [5.41, 5.74) is 1.92. The number of aromatic nitrogens is 3. The van der Waals surface area contributed by atoms with Crippen LogP contribution >= 0.6 is 11.6 Å². The second-order valence-corrected chi connectivity index (χ2v) is 4.78. The number of hydrogen-bond acceptors (Lipinski definition) is 3. The van der Waals surface area contributed by atoms with Gasteiger partial charge in [0, 0.05) is 5.02 Å². The van der Waals surface area contributed by atoms with E-state index in [2.05, 4.69) is 15.6 Å². The van der Waals surface area contributed by atoms with Gasteiger partial charge in [0.2, 0.25) is 0 Å². The van der Waals surface area contributed by atoms with Crippen LogP contribution in [-0.4, -0.2) is 21.5 Å². The number of halogens is 2. The molecule has 0 saturated heterocycles. The van der Waals surface area contributed by atoms with E-state index in [1.54, 1.807) is 6.07 Å². The second-order valence-electron chi connectivity index (χ2n) is 4.35. The van der Waals surface area contributed by atoms with Gasteiger partial charge in [0.15, 0.2) is 0 Å². The van der Waals surface area contributed by atoms with Crippen molar-refractivity contribution in [2.24, 2.45) is 0 Å². The molecule has 2 aromatic rings. The zero-order valence-corrected chi connectivity index (χ0v) is 11.9. The second kappa shape index (κ2) is 5.67. The third-order valence-corrected chi connectivity index (χ3v) is 3.22. The molecule has 1 heterocycles. The van der Waals surface area contributed by atoms with Gasteiger partial charge in [0.05, 0.1) is 11.7 Å². The number of benzene rings is 1. The Labute approximate surface area is 116 Å². The highest BCUT2D eigenvalue weighted by atomic mass is 35.5. The fourth-order valence-electron chi connectivity index (χ4n) is 2.02. The number of hydrogen-bond donors (Lipinski definition) is 1. The summed E-state index contributed by atoms with van der Waals surface area (Å²) >= 11 is 5.90. The van der Waals surface area contributed by atoms with Crippen LogP contribution in [0.2, 0.25) is 5.02 Å². The predicted molar refractivity (Wildman–Crippen MR) is 73.2 cm³/mol. The molecule has 1 aromatic carbocycles. The Kier molecular flexibility index (Phi) is 4.17. The molecule has 0 bridgehead atoms. The van der Waals surface area contributed by atoms with Crippen LogP contribution in [0.15, 0.2) is 18.2 Å². The average molecular weight is 283 g/mol. The molecule has 1 atom stereocenters. The highest BCUT2D eigenvalue weighted by molar-refractivity contribution is 6.30. The van der Waals surface area contributed by atoms with Crippen molar-refractivity contribution < 1.29 is 4.39 Å². The van der Waals surface area contributed by atoms with Crippen LogP contribution in [0, 0.1) is 12.7 Å². The van der Waals surface area contributed by atoms with Crippen molar-refractivity contribution in [2.75, 3.05) is 6.54 Å². The van der Waals surface area contributed by atoms with E-state index in [0.717, 1.165) is 17.9 Å². The lowest BCUT2D eigenvalue weighted by atomic mass is 10.2. The third kappa shape index (κ3) is 2.77. The topological polar surface area (TPSA) is 42.7 Å². The number of nitrogens with one attached hydrogen (secondary N) is 1. The number of rotatable bonds is 4. The maximum Gasteiger partial charge on any atom is 0.149 e.